The van der Waals surface area contributed by atoms with Crippen molar-refractivity contribution in [3.63, 3.8) is 0 Å². The van der Waals surface area contributed by atoms with Gasteiger partial charge in [0.05, 0.1) is 36.9 Å². The highest BCUT2D eigenvalue weighted by atomic mass is 16.6. The first-order chi connectivity index (χ1) is 13.3. The number of rotatable bonds is 7. The molecular weight excluding hydrogens is 366 g/mol. The summed E-state index contributed by atoms with van der Waals surface area (Å²) in [5.74, 6) is 0.372. The van der Waals surface area contributed by atoms with Crippen LogP contribution in [-0.2, 0) is 28.5 Å². The molecule has 8 unspecified atom stereocenters. The Morgan fingerprint density at radius 1 is 1.18 bits per heavy atom. The molecule has 8 heteroatoms. The van der Waals surface area contributed by atoms with E-state index in [1.165, 1.54) is 6.92 Å². The largest absolute Gasteiger partial charge is 0.457 e. The standard InChI is InChI=1S/C20H35NO7/c1-11(22)28-15(20(2,3)23)10-27-14-7-6-12-16(18(14)25-5)21-19-13(8-9-26-19)17(12)24-4/h12-19,21,23H,6-10H2,1-5H3/p+1. The van der Waals surface area contributed by atoms with Crippen LogP contribution in [0.2, 0.25) is 0 Å². The fraction of sp³-hybridized carbons (Fsp3) is 0.950. The molecule has 1 aliphatic carbocycles. The molecule has 3 fully saturated rings. The number of aliphatic hydroxyl groups is 1. The molecule has 28 heavy (non-hydrogen) atoms. The van der Waals surface area contributed by atoms with Crippen LogP contribution in [0.5, 0.6) is 0 Å². The molecule has 2 heterocycles. The van der Waals surface area contributed by atoms with Crippen molar-refractivity contribution < 1.29 is 38.9 Å². The van der Waals surface area contributed by atoms with E-state index in [-0.39, 0.29) is 37.2 Å². The van der Waals surface area contributed by atoms with Gasteiger partial charge in [0.25, 0.3) is 0 Å². The number of hydrogen-bond donors (Lipinski definition) is 2. The maximum Gasteiger partial charge on any atom is 0.303 e. The van der Waals surface area contributed by atoms with Crippen LogP contribution in [0.4, 0.5) is 0 Å². The van der Waals surface area contributed by atoms with E-state index < -0.39 is 17.7 Å². The summed E-state index contributed by atoms with van der Waals surface area (Å²) in [7, 11) is 3.50. The predicted molar refractivity (Wildman–Crippen MR) is 99.5 cm³/mol. The third-order valence-electron chi connectivity index (χ3n) is 6.57. The van der Waals surface area contributed by atoms with Crippen LogP contribution in [-0.4, -0.2) is 80.8 Å². The van der Waals surface area contributed by atoms with Crippen molar-refractivity contribution in [2.45, 2.75) is 82.3 Å². The van der Waals surface area contributed by atoms with Gasteiger partial charge in [0.2, 0.25) is 0 Å². The number of carbonyl (C=O) groups is 1. The van der Waals surface area contributed by atoms with Crippen LogP contribution in [0.15, 0.2) is 0 Å². The number of esters is 1. The summed E-state index contributed by atoms with van der Waals surface area (Å²) in [6, 6.07) is 0.183. The zero-order valence-corrected chi connectivity index (χ0v) is 17.6. The second-order valence-electron chi connectivity index (χ2n) is 8.82. The second-order valence-corrected chi connectivity index (χ2v) is 8.82. The third kappa shape index (κ3) is 4.52. The molecule has 3 rings (SSSR count). The van der Waals surface area contributed by atoms with Crippen molar-refractivity contribution in [3.8, 4) is 0 Å². The van der Waals surface area contributed by atoms with Crippen molar-refractivity contribution in [1.82, 2.24) is 0 Å². The van der Waals surface area contributed by atoms with Gasteiger partial charge in [0.15, 0.2) is 12.3 Å². The summed E-state index contributed by atoms with van der Waals surface area (Å²) >= 11 is 0. The zero-order valence-electron chi connectivity index (χ0n) is 17.6. The second kappa shape index (κ2) is 8.93. The minimum absolute atomic E-state index is 0.104. The number of carbonyl (C=O) groups excluding carboxylic acids is 1. The number of fused-ring (bicyclic) bond motifs is 2. The molecule has 1 saturated carbocycles. The van der Waals surface area contributed by atoms with Gasteiger partial charge in [-0.25, -0.2) is 0 Å². The lowest BCUT2D eigenvalue weighted by Crippen LogP contribution is -3.03. The smallest absolute Gasteiger partial charge is 0.303 e. The number of methoxy groups -OCH3 is 2. The van der Waals surface area contributed by atoms with Crippen LogP contribution < -0.4 is 5.32 Å². The molecule has 2 saturated heterocycles. The first-order valence-electron chi connectivity index (χ1n) is 10.3. The van der Waals surface area contributed by atoms with Crippen molar-refractivity contribution in [3.05, 3.63) is 0 Å². The maximum atomic E-state index is 11.4. The summed E-state index contributed by atoms with van der Waals surface area (Å²) < 4.78 is 29.1. The molecule has 3 N–H and O–H groups in total. The predicted octanol–water partition coefficient (Wildman–Crippen LogP) is -0.178. The van der Waals surface area contributed by atoms with Gasteiger partial charge < -0.3 is 34.1 Å². The summed E-state index contributed by atoms with van der Waals surface area (Å²) in [5.41, 5.74) is -1.19. The topological polar surface area (TPSA) is 100 Å². The fourth-order valence-corrected chi connectivity index (χ4v) is 5.18. The van der Waals surface area contributed by atoms with E-state index in [9.17, 15) is 9.90 Å². The first-order valence-corrected chi connectivity index (χ1v) is 10.3. The lowest BCUT2D eigenvalue weighted by molar-refractivity contribution is -0.783. The van der Waals surface area contributed by atoms with Crippen LogP contribution in [0, 0.1) is 11.8 Å². The molecule has 2 aliphatic heterocycles. The fourth-order valence-electron chi connectivity index (χ4n) is 5.18. The summed E-state index contributed by atoms with van der Waals surface area (Å²) in [6.45, 7) is 5.47. The number of ether oxygens (including phenoxy) is 5. The Hall–Kier alpha value is -0.770. The Morgan fingerprint density at radius 2 is 1.89 bits per heavy atom. The van der Waals surface area contributed by atoms with Gasteiger partial charge in [-0.3, -0.25) is 4.79 Å². The van der Waals surface area contributed by atoms with E-state index in [1.807, 2.05) is 0 Å². The number of piperidine rings is 1. The summed E-state index contributed by atoms with van der Waals surface area (Å²) in [4.78, 5) is 11.4. The van der Waals surface area contributed by atoms with E-state index >= 15 is 0 Å². The van der Waals surface area contributed by atoms with Crippen LogP contribution in [0.1, 0.15) is 40.0 Å². The lowest BCUT2D eigenvalue weighted by atomic mass is 9.70. The van der Waals surface area contributed by atoms with Crippen LogP contribution in [0.3, 0.4) is 0 Å². The van der Waals surface area contributed by atoms with Gasteiger partial charge in [0.1, 0.15) is 12.1 Å². The minimum atomic E-state index is -1.19. The molecular formula is C20H36NO7+. The highest BCUT2D eigenvalue weighted by Crippen LogP contribution is 2.39. The van der Waals surface area contributed by atoms with E-state index in [4.69, 9.17) is 23.7 Å². The monoisotopic (exact) mass is 402 g/mol. The molecule has 0 aromatic heterocycles. The first kappa shape index (κ1) is 21.9. The van der Waals surface area contributed by atoms with Crippen molar-refractivity contribution in [1.29, 1.82) is 0 Å². The average Bonchev–Trinajstić information content (AvgIpc) is 3.09. The highest BCUT2D eigenvalue weighted by Gasteiger charge is 2.56. The number of quaternary nitrogens is 1. The van der Waals surface area contributed by atoms with Gasteiger partial charge in [-0.15, -0.1) is 0 Å². The molecule has 8 nitrogen and oxygen atoms in total. The molecule has 162 valence electrons. The van der Waals surface area contributed by atoms with Crippen molar-refractivity contribution in [2.24, 2.45) is 11.8 Å². The Bertz CT molecular complexity index is 537. The Morgan fingerprint density at radius 3 is 2.50 bits per heavy atom. The average molecular weight is 403 g/mol. The van der Waals surface area contributed by atoms with Gasteiger partial charge in [-0.1, -0.05) is 0 Å². The van der Waals surface area contributed by atoms with Crippen LogP contribution >= 0.6 is 0 Å². The Kier molecular flexibility index (Phi) is 7.00. The third-order valence-corrected chi connectivity index (χ3v) is 6.57. The minimum Gasteiger partial charge on any atom is -0.457 e. The molecule has 8 atom stereocenters. The number of nitrogens with two attached hydrogens (primary N) is 1. The summed E-state index contributed by atoms with van der Waals surface area (Å²) in [5, 5.41) is 12.6. The van der Waals surface area contributed by atoms with Gasteiger partial charge in [-0.2, -0.15) is 0 Å². The Balaban J connectivity index is 1.68. The SMILES string of the molecule is COC1C2CCOC2[NH2+]C2C1CCC(OCC(OC(C)=O)C(C)(C)O)C2OC. The normalized spacial score (nSPS) is 39.1. The molecule has 0 spiro atoms. The maximum absolute atomic E-state index is 11.4. The lowest BCUT2D eigenvalue weighted by Gasteiger charge is -2.48. The molecule has 0 aromatic carbocycles. The summed E-state index contributed by atoms with van der Waals surface area (Å²) in [6.07, 6.45) is 2.14. The van der Waals surface area contributed by atoms with Gasteiger partial charge in [0, 0.05) is 27.1 Å². The van der Waals surface area contributed by atoms with E-state index in [2.05, 4.69) is 5.32 Å². The van der Waals surface area contributed by atoms with Crippen LogP contribution in [0.25, 0.3) is 0 Å². The molecule has 0 aromatic rings. The Labute approximate surface area is 167 Å². The van der Waals surface area contributed by atoms with Crippen molar-refractivity contribution >= 4 is 5.97 Å². The van der Waals surface area contributed by atoms with E-state index in [0.717, 1.165) is 25.9 Å². The van der Waals surface area contributed by atoms with Crippen molar-refractivity contribution in [2.75, 3.05) is 27.4 Å². The highest BCUT2D eigenvalue weighted by molar-refractivity contribution is 5.66. The molecule has 3 aliphatic rings. The molecule has 0 bridgehead atoms. The molecule has 0 amide bonds. The van der Waals surface area contributed by atoms with Gasteiger partial charge in [-0.05, 0) is 33.1 Å². The number of hydrogen-bond acceptors (Lipinski definition) is 7. The van der Waals surface area contributed by atoms with Gasteiger partial charge >= 0.3 is 5.97 Å². The van der Waals surface area contributed by atoms with E-state index in [1.54, 1.807) is 28.1 Å². The quantitative estimate of drug-likeness (QED) is 0.570. The zero-order chi connectivity index (χ0) is 20.5. The molecule has 0 radical (unpaired) electrons. The van der Waals surface area contributed by atoms with E-state index in [0.29, 0.717) is 11.8 Å².